The Kier molecular flexibility index (Phi) is 2.60. The molecular weight excluding hydrogens is 239 g/mol. The fourth-order valence-electron chi connectivity index (χ4n) is 0.691. The zero-order valence-electron chi connectivity index (χ0n) is 3.90. The Bertz CT molecular complexity index is 58.7. The van der Waals surface area contributed by atoms with E-state index in [4.69, 9.17) is 0 Å². The summed E-state index contributed by atoms with van der Waals surface area (Å²) < 4.78 is 0.808. The Labute approximate surface area is 61.7 Å². The predicted octanol–water partition coefficient (Wildman–Crippen LogP) is 3.29. The molecule has 1 aliphatic rings. The molecule has 0 radical (unpaired) electrons. The molecule has 0 saturated carbocycles. The molecule has 1 fully saturated rings. The van der Waals surface area contributed by atoms with E-state index in [1.54, 1.807) is 0 Å². The van der Waals surface area contributed by atoms with Crippen LogP contribution in [0, 0.1) is 0 Å². The molecule has 0 N–H and O–H groups in total. The molecule has 7 heavy (non-hydrogen) atoms. The molecule has 2 unspecified atom stereocenters. The zero-order chi connectivity index (χ0) is 5.28. The van der Waals surface area contributed by atoms with Crippen LogP contribution in [0.25, 0.3) is 0 Å². The summed E-state index contributed by atoms with van der Waals surface area (Å²) in [5, 5.41) is 0. The molecule has 0 nitrogen and oxygen atoms in total. The molecule has 42 valence electrons. The first-order valence-electron chi connectivity index (χ1n) is 2.37. The highest BCUT2D eigenvalue weighted by Crippen LogP contribution is 2.58. The van der Waals surface area contributed by atoms with Gasteiger partial charge in [-0.25, -0.2) is 0 Å². The highest BCUT2D eigenvalue weighted by molar-refractivity contribution is 9.40. The Hall–Kier alpha value is 1.39. The zero-order valence-corrected chi connectivity index (χ0v) is 7.97. The summed E-state index contributed by atoms with van der Waals surface area (Å²) in [6.45, 7) is 0.203. The molecule has 1 aliphatic heterocycles. The van der Waals surface area contributed by atoms with Gasteiger partial charge in [0.1, 0.15) is 0 Å². The number of rotatable bonds is 0. The molecule has 0 aromatic rings. The third kappa shape index (κ3) is 1.65. The second-order valence-corrected chi connectivity index (χ2v) is 8.12. The lowest BCUT2D eigenvalue weighted by Gasteiger charge is -2.01. The van der Waals surface area contributed by atoms with E-state index >= 15 is 0 Å². The van der Waals surface area contributed by atoms with Crippen molar-refractivity contribution in [2.75, 3.05) is 6.16 Å². The smallest absolute Gasteiger partial charge is 0.0445 e. The van der Waals surface area contributed by atoms with Gasteiger partial charge in [0.2, 0.25) is 0 Å². The van der Waals surface area contributed by atoms with Gasteiger partial charge < -0.3 is 0 Å². The lowest BCUT2D eigenvalue weighted by Crippen LogP contribution is -1.77. The molecule has 3 heteroatoms. The molecule has 0 aromatic carbocycles. The normalized spacial score (nSPS) is 42.0. The predicted molar refractivity (Wildman–Crippen MR) is 42.7 cm³/mol. The van der Waals surface area contributed by atoms with Crippen LogP contribution in [0.15, 0.2) is 0 Å². The largest absolute Gasteiger partial charge is 0.0831 e. The fraction of sp³-hybridized carbons (Fsp3) is 1.00. The summed E-state index contributed by atoms with van der Waals surface area (Å²) in [5.74, 6) is 0. The summed E-state index contributed by atoms with van der Waals surface area (Å²) in [5.41, 5.74) is 0. The average Bonchev–Trinajstić information content (AvgIpc) is 1.91. The monoisotopic (exact) mass is 244 g/mol. The van der Waals surface area contributed by atoms with Crippen molar-refractivity contribution in [3.05, 3.63) is 0 Å². The highest BCUT2D eigenvalue weighted by Gasteiger charge is 2.20. The SMILES string of the molecule is BrC1CCCP1Br. The van der Waals surface area contributed by atoms with Crippen molar-refractivity contribution in [1.29, 1.82) is 0 Å². The van der Waals surface area contributed by atoms with E-state index in [1.165, 1.54) is 19.0 Å². The van der Waals surface area contributed by atoms with Crippen LogP contribution in [0.1, 0.15) is 12.8 Å². The standard InChI is InChI=1S/C4H7Br2P/c5-4-2-1-3-7(4)6/h4H,1-3H2. The molecular formula is C4H7Br2P. The minimum absolute atomic E-state index is 0.203. The quantitative estimate of drug-likeness (QED) is 0.454. The van der Waals surface area contributed by atoms with E-state index in [1.807, 2.05) is 0 Å². The molecule has 1 rings (SSSR count). The topological polar surface area (TPSA) is 0 Å². The maximum atomic E-state index is 3.62. The van der Waals surface area contributed by atoms with Gasteiger partial charge in [-0.05, 0) is 25.6 Å². The van der Waals surface area contributed by atoms with Crippen LogP contribution in [0.2, 0.25) is 0 Å². The van der Waals surface area contributed by atoms with Gasteiger partial charge >= 0.3 is 0 Å². The summed E-state index contributed by atoms with van der Waals surface area (Å²) >= 11 is 7.21. The fourth-order valence-corrected chi connectivity index (χ4v) is 4.22. The second-order valence-electron chi connectivity index (χ2n) is 1.70. The summed E-state index contributed by atoms with van der Waals surface area (Å²) in [4.78, 5) is 0. The van der Waals surface area contributed by atoms with Crippen molar-refractivity contribution in [2.24, 2.45) is 0 Å². The number of alkyl halides is 1. The second kappa shape index (κ2) is 2.80. The van der Waals surface area contributed by atoms with Crippen molar-refractivity contribution in [2.45, 2.75) is 17.4 Å². The van der Waals surface area contributed by atoms with Gasteiger partial charge in [0.15, 0.2) is 0 Å². The third-order valence-corrected chi connectivity index (χ3v) is 8.86. The molecule has 1 saturated heterocycles. The first-order chi connectivity index (χ1) is 3.30. The van der Waals surface area contributed by atoms with Crippen molar-refractivity contribution in [1.82, 2.24) is 0 Å². The number of halogens is 2. The molecule has 1 heterocycles. The van der Waals surface area contributed by atoms with Crippen LogP contribution in [0.5, 0.6) is 0 Å². The van der Waals surface area contributed by atoms with Gasteiger partial charge in [0.25, 0.3) is 0 Å². The molecule has 0 aliphatic carbocycles. The van der Waals surface area contributed by atoms with E-state index < -0.39 is 0 Å². The van der Waals surface area contributed by atoms with Gasteiger partial charge in [0.05, 0.1) is 0 Å². The Morgan fingerprint density at radius 3 is 2.43 bits per heavy atom. The maximum Gasteiger partial charge on any atom is 0.0445 e. The average molecular weight is 246 g/mol. The molecule has 0 aromatic heterocycles. The van der Waals surface area contributed by atoms with Gasteiger partial charge in [-0.1, -0.05) is 31.4 Å². The van der Waals surface area contributed by atoms with Crippen molar-refractivity contribution < 1.29 is 0 Å². The highest BCUT2D eigenvalue weighted by atomic mass is 79.9. The summed E-state index contributed by atoms with van der Waals surface area (Å²) in [6.07, 6.45) is 4.19. The van der Waals surface area contributed by atoms with E-state index in [-0.39, 0.29) is 6.62 Å². The van der Waals surface area contributed by atoms with Crippen molar-refractivity contribution in [3.8, 4) is 0 Å². The van der Waals surface area contributed by atoms with Gasteiger partial charge in [-0.15, -0.1) is 0 Å². The molecule has 0 spiro atoms. The maximum absolute atomic E-state index is 3.62. The summed E-state index contributed by atoms with van der Waals surface area (Å²) in [7, 11) is 0. The van der Waals surface area contributed by atoms with Crippen LogP contribution >= 0.6 is 38.0 Å². The van der Waals surface area contributed by atoms with Crippen LogP contribution in [0.4, 0.5) is 0 Å². The Morgan fingerprint density at radius 2 is 2.29 bits per heavy atom. The van der Waals surface area contributed by atoms with Crippen LogP contribution in [-0.2, 0) is 0 Å². The first kappa shape index (κ1) is 6.51. The van der Waals surface area contributed by atoms with Crippen molar-refractivity contribution >= 4 is 38.0 Å². The Morgan fingerprint density at radius 1 is 1.57 bits per heavy atom. The molecule has 2 atom stereocenters. The number of hydrogen-bond donors (Lipinski definition) is 0. The van der Waals surface area contributed by atoms with Gasteiger partial charge in [-0.3, -0.25) is 0 Å². The van der Waals surface area contributed by atoms with E-state index in [0.29, 0.717) is 0 Å². The molecule has 0 amide bonds. The lowest BCUT2D eigenvalue weighted by molar-refractivity contribution is 0.930. The van der Waals surface area contributed by atoms with E-state index in [9.17, 15) is 0 Å². The third-order valence-electron chi connectivity index (χ3n) is 1.12. The summed E-state index contributed by atoms with van der Waals surface area (Å²) in [6, 6.07) is 0. The van der Waals surface area contributed by atoms with E-state index in [2.05, 4.69) is 31.4 Å². The van der Waals surface area contributed by atoms with Crippen LogP contribution in [0.3, 0.4) is 0 Å². The van der Waals surface area contributed by atoms with Gasteiger partial charge in [0, 0.05) is 4.57 Å². The van der Waals surface area contributed by atoms with Crippen LogP contribution < -0.4 is 0 Å². The first-order valence-corrected chi connectivity index (χ1v) is 6.90. The van der Waals surface area contributed by atoms with Crippen molar-refractivity contribution in [3.63, 3.8) is 0 Å². The van der Waals surface area contributed by atoms with Crippen LogP contribution in [-0.4, -0.2) is 10.7 Å². The van der Waals surface area contributed by atoms with Gasteiger partial charge in [-0.2, -0.15) is 0 Å². The number of hydrogen-bond acceptors (Lipinski definition) is 0. The minimum atomic E-state index is 0.203. The lowest BCUT2D eigenvalue weighted by atomic mass is 10.4. The Balaban J connectivity index is 2.33. The molecule has 0 bridgehead atoms. The van der Waals surface area contributed by atoms with E-state index in [0.717, 1.165) is 4.57 Å². The minimum Gasteiger partial charge on any atom is -0.0831 e.